The summed E-state index contributed by atoms with van der Waals surface area (Å²) in [6, 6.07) is 0. The van der Waals surface area contributed by atoms with E-state index in [-0.39, 0.29) is 0 Å². The van der Waals surface area contributed by atoms with Gasteiger partial charge in [-0.2, -0.15) is 0 Å². The Bertz CT molecular complexity index is 128. The maximum Gasteiger partial charge on any atom is 0.0136 e. The molecule has 17 heavy (non-hydrogen) atoms. The first-order valence-corrected chi connectivity index (χ1v) is 7.91. The molecule has 0 aromatic rings. The van der Waals surface area contributed by atoms with Crippen LogP contribution in [0.25, 0.3) is 0 Å². The van der Waals surface area contributed by atoms with E-state index < -0.39 is 0 Å². The molecule has 103 valence electrons. The Hall–Kier alpha value is -0.0400. The van der Waals surface area contributed by atoms with Crippen molar-refractivity contribution in [3.8, 4) is 0 Å². The smallest absolute Gasteiger partial charge is 0.0136 e. The molecule has 0 saturated heterocycles. The van der Waals surface area contributed by atoms with Gasteiger partial charge in [0.25, 0.3) is 0 Å². The summed E-state index contributed by atoms with van der Waals surface area (Å²) in [6.07, 6.45) is 10.7. The first-order chi connectivity index (χ1) is 8.28. The molecule has 0 aliphatic carbocycles. The predicted octanol–water partition coefficient (Wildman–Crippen LogP) is 5.02. The average molecular weight is 240 g/mol. The fourth-order valence-electron chi connectivity index (χ4n) is 2.58. The molecule has 1 nitrogen and oxygen atoms in total. The SMILES string of the molecule is CCCC(CC)CC[N]CCC(CC)CCC. The second-order valence-electron chi connectivity index (χ2n) is 5.37. The quantitative estimate of drug-likeness (QED) is 0.425. The van der Waals surface area contributed by atoms with Crippen LogP contribution in [0.5, 0.6) is 0 Å². The van der Waals surface area contributed by atoms with Gasteiger partial charge in [0.15, 0.2) is 0 Å². The third kappa shape index (κ3) is 9.64. The van der Waals surface area contributed by atoms with E-state index >= 15 is 0 Å². The standard InChI is InChI=1S/C16H34N/c1-5-9-15(7-3)11-13-17-14-12-16(8-4)10-6-2/h15-16H,5-14H2,1-4H3. The normalized spacial score (nSPS) is 14.8. The van der Waals surface area contributed by atoms with Crippen LogP contribution in [-0.2, 0) is 0 Å². The number of rotatable bonds is 12. The van der Waals surface area contributed by atoms with Crippen molar-refractivity contribution in [2.24, 2.45) is 11.8 Å². The molecule has 0 saturated carbocycles. The van der Waals surface area contributed by atoms with Gasteiger partial charge in [0.1, 0.15) is 0 Å². The van der Waals surface area contributed by atoms with Crippen molar-refractivity contribution < 1.29 is 0 Å². The highest BCUT2D eigenvalue weighted by Crippen LogP contribution is 2.16. The molecular weight excluding hydrogens is 206 g/mol. The van der Waals surface area contributed by atoms with Crippen LogP contribution in [-0.4, -0.2) is 13.1 Å². The van der Waals surface area contributed by atoms with Crippen LogP contribution in [0.4, 0.5) is 0 Å². The van der Waals surface area contributed by atoms with E-state index in [1.54, 1.807) is 0 Å². The summed E-state index contributed by atoms with van der Waals surface area (Å²) in [7, 11) is 0. The van der Waals surface area contributed by atoms with E-state index in [1.807, 2.05) is 0 Å². The monoisotopic (exact) mass is 240 g/mol. The third-order valence-electron chi connectivity index (χ3n) is 3.94. The lowest BCUT2D eigenvalue weighted by Gasteiger charge is -2.15. The van der Waals surface area contributed by atoms with E-state index in [1.165, 1.54) is 51.4 Å². The minimum absolute atomic E-state index is 0.918. The Balaban J connectivity index is 3.43. The lowest BCUT2D eigenvalue weighted by atomic mass is 9.96. The van der Waals surface area contributed by atoms with Crippen LogP contribution >= 0.6 is 0 Å². The van der Waals surface area contributed by atoms with Crippen molar-refractivity contribution in [1.82, 2.24) is 5.32 Å². The molecule has 0 aromatic heterocycles. The zero-order valence-electron chi connectivity index (χ0n) is 12.7. The summed E-state index contributed by atoms with van der Waals surface area (Å²) in [5.74, 6) is 1.84. The molecule has 2 unspecified atom stereocenters. The van der Waals surface area contributed by atoms with Gasteiger partial charge >= 0.3 is 0 Å². The van der Waals surface area contributed by atoms with E-state index in [9.17, 15) is 0 Å². The summed E-state index contributed by atoms with van der Waals surface area (Å²) in [5, 5.41) is 4.71. The summed E-state index contributed by atoms with van der Waals surface area (Å²) in [6.45, 7) is 11.4. The molecule has 2 atom stereocenters. The second kappa shape index (κ2) is 12.4. The third-order valence-corrected chi connectivity index (χ3v) is 3.94. The van der Waals surface area contributed by atoms with E-state index in [0.29, 0.717) is 0 Å². The Morgan fingerprint density at radius 2 is 1.06 bits per heavy atom. The highest BCUT2D eigenvalue weighted by Gasteiger charge is 2.06. The average Bonchev–Trinajstić information content (AvgIpc) is 2.35. The van der Waals surface area contributed by atoms with Crippen molar-refractivity contribution in [2.45, 2.75) is 79.1 Å². The zero-order valence-corrected chi connectivity index (χ0v) is 12.7. The van der Waals surface area contributed by atoms with Gasteiger partial charge in [-0.1, -0.05) is 66.2 Å². The first kappa shape index (κ1) is 17.0. The molecule has 1 radical (unpaired) electrons. The minimum Gasteiger partial charge on any atom is -0.242 e. The summed E-state index contributed by atoms with van der Waals surface area (Å²) in [5.41, 5.74) is 0. The predicted molar refractivity (Wildman–Crippen MR) is 78.5 cm³/mol. The van der Waals surface area contributed by atoms with Crippen molar-refractivity contribution in [3.63, 3.8) is 0 Å². The molecule has 0 aliphatic heterocycles. The van der Waals surface area contributed by atoms with Crippen molar-refractivity contribution >= 4 is 0 Å². The Morgan fingerprint density at radius 3 is 1.35 bits per heavy atom. The Morgan fingerprint density at radius 1 is 0.647 bits per heavy atom. The zero-order chi connectivity index (χ0) is 12.9. The van der Waals surface area contributed by atoms with Crippen LogP contribution < -0.4 is 5.32 Å². The van der Waals surface area contributed by atoms with Crippen LogP contribution in [0.15, 0.2) is 0 Å². The Labute approximate surface area is 110 Å². The van der Waals surface area contributed by atoms with Crippen LogP contribution in [0.1, 0.15) is 79.1 Å². The highest BCUT2D eigenvalue weighted by molar-refractivity contribution is 4.61. The van der Waals surface area contributed by atoms with E-state index in [0.717, 1.165) is 24.9 Å². The van der Waals surface area contributed by atoms with Gasteiger partial charge in [0, 0.05) is 13.1 Å². The molecule has 0 spiro atoms. The maximum absolute atomic E-state index is 4.71. The number of nitrogens with zero attached hydrogens (tertiary/aromatic N) is 1. The molecule has 0 bridgehead atoms. The molecule has 0 heterocycles. The molecule has 0 amide bonds. The molecule has 0 fully saturated rings. The minimum atomic E-state index is 0.918. The summed E-state index contributed by atoms with van der Waals surface area (Å²) >= 11 is 0. The molecule has 0 rings (SSSR count). The first-order valence-electron chi connectivity index (χ1n) is 7.91. The van der Waals surface area contributed by atoms with Gasteiger partial charge in [0.05, 0.1) is 0 Å². The van der Waals surface area contributed by atoms with Crippen molar-refractivity contribution in [3.05, 3.63) is 0 Å². The van der Waals surface area contributed by atoms with Gasteiger partial charge in [0.2, 0.25) is 0 Å². The summed E-state index contributed by atoms with van der Waals surface area (Å²) < 4.78 is 0. The van der Waals surface area contributed by atoms with Crippen molar-refractivity contribution in [1.29, 1.82) is 0 Å². The molecule has 1 heteroatoms. The fraction of sp³-hybridized carbons (Fsp3) is 1.00. The van der Waals surface area contributed by atoms with Crippen LogP contribution in [0, 0.1) is 11.8 Å². The van der Waals surface area contributed by atoms with Crippen LogP contribution in [0.3, 0.4) is 0 Å². The number of hydrogen-bond donors (Lipinski definition) is 0. The molecular formula is C16H34N. The van der Waals surface area contributed by atoms with Gasteiger partial charge in [-0.15, -0.1) is 0 Å². The maximum atomic E-state index is 4.71. The van der Waals surface area contributed by atoms with Crippen LogP contribution in [0.2, 0.25) is 0 Å². The molecule has 0 N–H and O–H groups in total. The van der Waals surface area contributed by atoms with Gasteiger partial charge in [-0.25, -0.2) is 5.32 Å². The molecule has 0 aromatic carbocycles. The Kier molecular flexibility index (Phi) is 12.4. The number of hydrogen-bond acceptors (Lipinski definition) is 0. The lowest BCUT2D eigenvalue weighted by Crippen LogP contribution is -2.15. The van der Waals surface area contributed by atoms with Gasteiger partial charge in [-0.3, -0.25) is 0 Å². The fourth-order valence-corrected chi connectivity index (χ4v) is 2.58. The highest BCUT2D eigenvalue weighted by atomic mass is 14.8. The topological polar surface area (TPSA) is 14.1 Å². The lowest BCUT2D eigenvalue weighted by molar-refractivity contribution is 0.389. The largest absolute Gasteiger partial charge is 0.242 e. The van der Waals surface area contributed by atoms with Gasteiger partial charge in [-0.05, 0) is 24.7 Å². The van der Waals surface area contributed by atoms with Crippen molar-refractivity contribution in [2.75, 3.05) is 13.1 Å². The second-order valence-corrected chi connectivity index (χ2v) is 5.37. The molecule has 0 aliphatic rings. The van der Waals surface area contributed by atoms with E-state index in [2.05, 4.69) is 27.7 Å². The van der Waals surface area contributed by atoms with Gasteiger partial charge < -0.3 is 0 Å². The van der Waals surface area contributed by atoms with E-state index in [4.69, 9.17) is 5.32 Å². The summed E-state index contributed by atoms with van der Waals surface area (Å²) in [4.78, 5) is 0.